The first-order chi connectivity index (χ1) is 10.7. The van der Waals surface area contributed by atoms with Gasteiger partial charge in [-0.05, 0) is 25.5 Å². The molecule has 0 spiro atoms. The maximum atomic E-state index is 12.2. The first kappa shape index (κ1) is 17.6. The van der Waals surface area contributed by atoms with Crippen LogP contribution in [0.1, 0.15) is 13.3 Å². The van der Waals surface area contributed by atoms with Crippen molar-refractivity contribution in [3.8, 4) is 0 Å². The van der Waals surface area contributed by atoms with E-state index in [0.717, 1.165) is 4.90 Å². The molecule has 1 fully saturated rings. The zero-order valence-corrected chi connectivity index (χ0v) is 13.2. The molecule has 0 aliphatic carbocycles. The first-order valence-corrected chi connectivity index (χ1v) is 8.18. The Kier molecular flexibility index (Phi) is 5.21. The maximum absolute atomic E-state index is 12.2. The molecule has 2 bridgehead atoms. The third kappa shape index (κ3) is 3.97. The summed E-state index contributed by atoms with van der Waals surface area (Å²) in [5.41, 5.74) is 8.05. The predicted octanol–water partition coefficient (Wildman–Crippen LogP) is -1.45. The molecule has 0 radical (unpaired) electrons. The SMILES string of the molecule is CC1=C[C@@H]2CN(C(=O)N2OS(=O)(=O)O)[C@@H]1C(=O)NOCCCN. The number of hydrogen-bond donors (Lipinski definition) is 3. The van der Waals surface area contributed by atoms with E-state index in [4.69, 9.17) is 15.1 Å². The molecule has 11 nitrogen and oxygen atoms in total. The van der Waals surface area contributed by atoms with Gasteiger partial charge in [-0.15, -0.1) is 4.28 Å². The summed E-state index contributed by atoms with van der Waals surface area (Å²) in [6.45, 7) is 2.30. The van der Waals surface area contributed by atoms with Crippen LogP contribution in [0.25, 0.3) is 0 Å². The van der Waals surface area contributed by atoms with E-state index in [1.54, 1.807) is 6.92 Å². The minimum absolute atomic E-state index is 0.0482. The van der Waals surface area contributed by atoms with Crippen LogP contribution in [0, 0.1) is 0 Å². The topological polar surface area (TPSA) is 152 Å². The molecule has 2 heterocycles. The number of carbonyl (C=O) groups excluding carboxylic acids is 2. The van der Waals surface area contributed by atoms with Crippen LogP contribution in [-0.2, 0) is 24.3 Å². The fourth-order valence-electron chi connectivity index (χ4n) is 2.47. The molecular weight excluding hydrogens is 332 g/mol. The normalized spacial score (nSPS) is 24.0. The first-order valence-electron chi connectivity index (χ1n) is 6.81. The maximum Gasteiger partial charge on any atom is 0.418 e. The van der Waals surface area contributed by atoms with Crippen molar-refractivity contribution in [2.24, 2.45) is 5.73 Å². The molecule has 130 valence electrons. The summed E-state index contributed by atoms with van der Waals surface area (Å²) in [4.78, 5) is 30.4. The number of nitrogens with one attached hydrogen (secondary N) is 1. The van der Waals surface area contributed by atoms with Crippen molar-refractivity contribution in [1.29, 1.82) is 0 Å². The van der Waals surface area contributed by atoms with Crippen LogP contribution < -0.4 is 11.2 Å². The monoisotopic (exact) mass is 350 g/mol. The summed E-state index contributed by atoms with van der Waals surface area (Å²) >= 11 is 0. The van der Waals surface area contributed by atoms with Gasteiger partial charge in [0.2, 0.25) is 0 Å². The lowest BCUT2D eigenvalue weighted by Gasteiger charge is -2.28. The van der Waals surface area contributed by atoms with Gasteiger partial charge < -0.3 is 10.6 Å². The van der Waals surface area contributed by atoms with E-state index in [2.05, 4.69) is 9.76 Å². The van der Waals surface area contributed by atoms with E-state index in [-0.39, 0.29) is 13.2 Å². The third-order valence-corrected chi connectivity index (χ3v) is 3.71. The van der Waals surface area contributed by atoms with Crippen molar-refractivity contribution in [1.82, 2.24) is 15.4 Å². The average Bonchev–Trinajstić information content (AvgIpc) is 2.67. The zero-order valence-electron chi connectivity index (χ0n) is 12.3. The highest BCUT2D eigenvalue weighted by Crippen LogP contribution is 2.30. The molecule has 23 heavy (non-hydrogen) atoms. The van der Waals surface area contributed by atoms with Crippen LogP contribution in [0.15, 0.2) is 11.6 Å². The van der Waals surface area contributed by atoms with E-state index >= 15 is 0 Å². The number of fused-ring (bicyclic) bond motifs is 2. The van der Waals surface area contributed by atoms with Gasteiger partial charge in [0.05, 0.1) is 19.2 Å². The van der Waals surface area contributed by atoms with Gasteiger partial charge in [0, 0.05) is 0 Å². The second-order valence-corrected chi connectivity index (χ2v) is 6.11. The predicted molar refractivity (Wildman–Crippen MR) is 75.7 cm³/mol. The van der Waals surface area contributed by atoms with Gasteiger partial charge >= 0.3 is 16.4 Å². The zero-order chi connectivity index (χ0) is 17.2. The fourth-order valence-corrected chi connectivity index (χ4v) is 2.85. The molecule has 2 aliphatic rings. The van der Waals surface area contributed by atoms with Gasteiger partial charge in [-0.25, -0.2) is 10.3 Å². The molecule has 2 atom stereocenters. The Morgan fingerprint density at radius 1 is 1.57 bits per heavy atom. The largest absolute Gasteiger partial charge is 0.418 e. The van der Waals surface area contributed by atoms with Crippen LogP contribution >= 0.6 is 0 Å². The summed E-state index contributed by atoms with van der Waals surface area (Å²) in [6, 6.07) is -2.51. The van der Waals surface area contributed by atoms with Crippen LogP contribution in [-0.4, -0.2) is 66.7 Å². The molecule has 0 aromatic rings. The Balaban J connectivity index is 2.08. The molecular formula is C11H18N4O7S. The molecule has 2 rings (SSSR count). The second kappa shape index (κ2) is 6.80. The average molecular weight is 350 g/mol. The Morgan fingerprint density at radius 2 is 2.26 bits per heavy atom. The molecule has 0 aromatic carbocycles. The molecule has 2 aliphatic heterocycles. The summed E-state index contributed by atoms with van der Waals surface area (Å²) < 4.78 is 34.6. The number of amides is 3. The van der Waals surface area contributed by atoms with Crippen LogP contribution in [0.4, 0.5) is 4.79 Å². The van der Waals surface area contributed by atoms with Crippen molar-refractivity contribution in [3.05, 3.63) is 11.6 Å². The minimum Gasteiger partial charge on any atom is -0.330 e. The number of hydrogen-bond acceptors (Lipinski definition) is 7. The molecule has 3 amide bonds. The smallest absolute Gasteiger partial charge is 0.330 e. The quantitative estimate of drug-likeness (QED) is 0.218. The Bertz CT molecular complexity index is 620. The van der Waals surface area contributed by atoms with Gasteiger partial charge in [0.25, 0.3) is 5.91 Å². The second-order valence-electron chi connectivity index (χ2n) is 5.10. The van der Waals surface area contributed by atoms with E-state index in [9.17, 15) is 18.0 Å². The van der Waals surface area contributed by atoms with Gasteiger partial charge in [-0.3, -0.25) is 14.2 Å². The number of nitrogens with two attached hydrogens (primary N) is 1. The highest BCUT2D eigenvalue weighted by molar-refractivity contribution is 7.80. The summed E-state index contributed by atoms with van der Waals surface area (Å²) in [5.74, 6) is -0.573. The van der Waals surface area contributed by atoms with Crippen molar-refractivity contribution < 1.29 is 31.7 Å². The van der Waals surface area contributed by atoms with Gasteiger partial charge in [-0.1, -0.05) is 6.08 Å². The summed E-state index contributed by atoms with van der Waals surface area (Å²) in [7, 11) is -4.84. The molecule has 1 saturated heterocycles. The van der Waals surface area contributed by atoms with Gasteiger partial charge in [0.1, 0.15) is 6.04 Å². The highest BCUT2D eigenvalue weighted by atomic mass is 32.3. The summed E-state index contributed by atoms with van der Waals surface area (Å²) in [5, 5.41) is 0.515. The Morgan fingerprint density at radius 3 is 2.87 bits per heavy atom. The van der Waals surface area contributed by atoms with Crippen molar-refractivity contribution in [2.75, 3.05) is 19.7 Å². The van der Waals surface area contributed by atoms with Crippen molar-refractivity contribution in [2.45, 2.75) is 25.4 Å². The van der Waals surface area contributed by atoms with Crippen LogP contribution in [0.5, 0.6) is 0 Å². The standard InChI is InChI=1S/C11H18N4O7S/c1-7-5-8-6-14(11(17)15(8)22-23(18,19)20)9(7)10(16)13-21-4-2-3-12/h5,8-9H,2-4,6,12H2,1H3,(H,13,16)(H,18,19,20)/t8-,9+/m1/s1. The van der Waals surface area contributed by atoms with Gasteiger partial charge in [-0.2, -0.15) is 13.5 Å². The van der Waals surface area contributed by atoms with E-state index in [0.29, 0.717) is 23.6 Å². The lowest BCUT2D eigenvalue weighted by molar-refractivity contribution is -0.137. The van der Waals surface area contributed by atoms with Crippen LogP contribution in [0.2, 0.25) is 0 Å². The molecule has 4 N–H and O–H groups in total. The summed E-state index contributed by atoms with van der Waals surface area (Å²) in [6.07, 6.45) is 2.08. The number of hydroxylamine groups is 3. The van der Waals surface area contributed by atoms with E-state index < -0.39 is 34.4 Å². The van der Waals surface area contributed by atoms with Crippen LogP contribution in [0.3, 0.4) is 0 Å². The number of urea groups is 1. The van der Waals surface area contributed by atoms with E-state index in [1.807, 2.05) is 0 Å². The fraction of sp³-hybridized carbons (Fsp3) is 0.636. The third-order valence-electron chi connectivity index (χ3n) is 3.36. The minimum atomic E-state index is -4.84. The molecule has 0 aromatic heterocycles. The Labute approximate surface area is 132 Å². The molecule has 0 unspecified atom stereocenters. The lowest BCUT2D eigenvalue weighted by Crippen LogP contribution is -2.50. The van der Waals surface area contributed by atoms with Crippen molar-refractivity contribution in [3.63, 3.8) is 0 Å². The lowest BCUT2D eigenvalue weighted by atomic mass is 10.0. The molecule has 0 saturated carbocycles. The number of nitrogens with zero attached hydrogens (tertiary/aromatic N) is 2. The van der Waals surface area contributed by atoms with Gasteiger partial charge in [0.15, 0.2) is 0 Å². The van der Waals surface area contributed by atoms with Crippen molar-refractivity contribution >= 4 is 22.3 Å². The highest BCUT2D eigenvalue weighted by Gasteiger charge is 2.48. The number of carbonyl (C=O) groups is 2. The van der Waals surface area contributed by atoms with E-state index in [1.165, 1.54) is 6.08 Å². The Hall–Kier alpha value is -1.73. The number of rotatable bonds is 7. The molecule has 12 heteroatoms.